The molecule has 0 aromatic rings. The maximum atomic E-state index is 9.89. The SMILES string of the molecule is F.[F][La]([F])[F]. The first-order chi connectivity index (χ1) is 1.73. The van der Waals surface area contributed by atoms with Crippen LogP contribution in [-0.2, 0) is 0 Å². The molecule has 0 atom stereocenters. The zero-order chi connectivity index (χ0) is 3.58. The Hall–Kier alpha value is 0.915. The molecule has 0 rings (SSSR count). The summed E-state index contributed by atoms with van der Waals surface area (Å²) in [6, 6.07) is 0. The van der Waals surface area contributed by atoms with Crippen LogP contribution in [0.5, 0.6) is 0 Å². The van der Waals surface area contributed by atoms with Gasteiger partial charge in [0.25, 0.3) is 0 Å². The molecule has 0 radical (unpaired) electrons. The fraction of sp³-hybridized carbons (Fsp3) is 0. The zero-order valence-corrected chi connectivity index (χ0v) is 5.75. The molecule has 0 aromatic heterocycles. The summed E-state index contributed by atoms with van der Waals surface area (Å²) in [5.41, 5.74) is 0. The van der Waals surface area contributed by atoms with E-state index >= 15 is 0 Å². The molecular weight excluding hydrogens is 215 g/mol. The molecule has 0 amide bonds. The van der Waals surface area contributed by atoms with Crippen molar-refractivity contribution in [1.82, 2.24) is 0 Å². The second-order valence-electron chi connectivity index (χ2n) is 0.247. The van der Waals surface area contributed by atoms with Gasteiger partial charge in [-0.1, -0.05) is 0 Å². The fourth-order valence-electron chi connectivity index (χ4n) is 0. The van der Waals surface area contributed by atoms with E-state index in [4.69, 9.17) is 0 Å². The Morgan fingerprint density at radius 2 is 1.00 bits per heavy atom. The summed E-state index contributed by atoms with van der Waals surface area (Å²) < 4.78 is 29.7. The summed E-state index contributed by atoms with van der Waals surface area (Å²) in [5.74, 6) is 0. The van der Waals surface area contributed by atoms with Crippen LogP contribution in [-0.4, -0.2) is 0 Å². The monoisotopic (exact) mass is 216 g/mol. The predicted octanol–water partition coefficient (Wildman–Crippen LogP) is 1.41. The third-order valence-corrected chi connectivity index (χ3v) is 0. The Bertz CT molecular complexity index is 8.36. The van der Waals surface area contributed by atoms with Crippen LogP contribution in [0.2, 0.25) is 0 Å². The van der Waals surface area contributed by atoms with Crippen LogP contribution in [0.3, 0.4) is 0 Å². The van der Waals surface area contributed by atoms with E-state index in [0.29, 0.717) is 0 Å². The van der Waals surface area contributed by atoms with Gasteiger partial charge in [0.05, 0.1) is 0 Å². The van der Waals surface area contributed by atoms with Gasteiger partial charge in [0.1, 0.15) is 0 Å². The normalized spacial score (nSPS) is 5.40. The molecule has 0 unspecified atom stereocenters. The molecule has 0 heterocycles. The van der Waals surface area contributed by atoms with Crippen molar-refractivity contribution in [3.05, 3.63) is 0 Å². The molecule has 0 aliphatic carbocycles. The van der Waals surface area contributed by atoms with Crippen molar-refractivity contribution < 1.29 is 41.8 Å². The Kier molecular flexibility index (Phi) is 9.16. The minimum atomic E-state index is -5.22. The molecule has 0 aliphatic rings. The molecular formula is HF4La. The molecule has 32 valence electrons. The van der Waals surface area contributed by atoms with Crippen LogP contribution in [0.25, 0.3) is 0 Å². The van der Waals surface area contributed by atoms with E-state index in [0.717, 1.165) is 0 Å². The van der Waals surface area contributed by atoms with Crippen molar-refractivity contribution in [2.24, 2.45) is 0 Å². The number of hydrogen-bond donors (Lipinski definition) is 0. The maximum absolute atomic E-state index is 9.89. The standard InChI is InChI=1S/4FH.La/h4*1H;/q;;;;+3/p-3. The van der Waals surface area contributed by atoms with E-state index < -0.39 is 32.2 Å². The molecule has 0 aromatic carbocycles. The average molecular weight is 216 g/mol. The van der Waals surface area contributed by atoms with Crippen molar-refractivity contribution in [3.63, 3.8) is 0 Å². The van der Waals surface area contributed by atoms with Crippen molar-refractivity contribution in [2.75, 3.05) is 0 Å². The van der Waals surface area contributed by atoms with Crippen LogP contribution in [0.1, 0.15) is 0 Å². The molecule has 5 heteroatoms. The molecule has 5 heavy (non-hydrogen) atoms. The molecule has 0 saturated heterocycles. The van der Waals surface area contributed by atoms with E-state index in [9.17, 15) is 4.81 Å². The van der Waals surface area contributed by atoms with Gasteiger partial charge in [0, 0.05) is 0 Å². The van der Waals surface area contributed by atoms with E-state index in [1.54, 1.807) is 0 Å². The van der Waals surface area contributed by atoms with Gasteiger partial charge in [0.15, 0.2) is 0 Å². The van der Waals surface area contributed by atoms with Crippen molar-refractivity contribution >= 4 is 0 Å². The molecule has 0 nitrogen and oxygen atoms in total. The van der Waals surface area contributed by atoms with Gasteiger partial charge in [-0.2, -0.15) is 0 Å². The first-order valence-corrected chi connectivity index (χ1v) is 4.77. The quantitative estimate of drug-likeness (QED) is 0.537. The van der Waals surface area contributed by atoms with Gasteiger partial charge < -0.3 is 0 Å². The molecule has 0 fully saturated rings. The van der Waals surface area contributed by atoms with Crippen LogP contribution >= 0.6 is 0 Å². The molecule has 0 aliphatic heterocycles. The topological polar surface area (TPSA) is 0 Å². The first kappa shape index (κ1) is 9.32. The summed E-state index contributed by atoms with van der Waals surface area (Å²) in [6.07, 6.45) is 0. The van der Waals surface area contributed by atoms with Gasteiger partial charge in [-0.25, -0.2) is 0 Å². The van der Waals surface area contributed by atoms with Crippen LogP contribution < -0.4 is 0 Å². The van der Waals surface area contributed by atoms with Crippen molar-refractivity contribution in [2.45, 2.75) is 0 Å². The van der Waals surface area contributed by atoms with Gasteiger partial charge >= 0.3 is 37.1 Å². The Balaban J connectivity index is 0. The Labute approximate surface area is 41.7 Å². The zero-order valence-electron chi connectivity index (χ0n) is 2.12. The Morgan fingerprint density at radius 1 is 1.00 bits per heavy atom. The van der Waals surface area contributed by atoms with E-state index in [-0.39, 0.29) is 4.70 Å². The molecule has 0 N–H and O–H groups in total. The van der Waals surface area contributed by atoms with E-state index in [1.165, 1.54) is 0 Å². The van der Waals surface area contributed by atoms with Gasteiger partial charge in [-0.15, -0.1) is 0 Å². The molecule has 0 bridgehead atoms. The number of halogens is 4. The summed E-state index contributed by atoms with van der Waals surface area (Å²) in [4.78, 5) is 0. The predicted molar refractivity (Wildman–Crippen MR) is 5.83 cm³/mol. The summed E-state index contributed by atoms with van der Waals surface area (Å²) in [7, 11) is 0. The summed E-state index contributed by atoms with van der Waals surface area (Å²) in [5, 5.41) is 0. The van der Waals surface area contributed by atoms with Crippen LogP contribution in [0, 0.1) is 32.2 Å². The van der Waals surface area contributed by atoms with Crippen LogP contribution in [0.4, 0.5) is 9.52 Å². The number of rotatable bonds is 0. The summed E-state index contributed by atoms with van der Waals surface area (Å²) >= 11 is -5.22. The number of hydrogen-bond acceptors (Lipinski definition) is 0. The Morgan fingerprint density at radius 3 is 1.00 bits per heavy atom. The molecule has 0 saturated carbocycles. The van der Waals surface area contributed by atoms with Gasteiger partial charge in [-0.05, 0) is 0 Å². The third kappa shape index (κ3) is 49.9. The van der Waals surface area contributed by atoms with E-state index in [2.05, 4.69) is 0 Å². The first-order valence-electron chi connectivity index (χ1n) is 0.655. The second kappa shape index (κ2) is 4.91. The molecule has 0 spiro atoms. The average Bonchev–Trinajstić information content (AvgIpc) is 0.811. The fourth-order valence-corrected chi connectivity index (χ4v) is 0. The van der Waals surface area contributed by atoms with Crippen LogP contribution in [0.15, 0.2) is 0 Å². The van der Waals surface area contributed by atoms with Crippen molar-refractivity contribution in [3.8, 4) is 0 Å². The van der Waals surface area contributed by atoms with Gasteiger partial charge in [-0.3, -0.25) is 4.70 Å². The second-order valence-corrected chi connectivity index (χ2v) is 1.80. The van der Waals surface area contributed by atoms with Gasteiger partial charge in [0.2, 0.25) is 0 Å². The van der Waals surface area contributed by atoms with Crippen molar-refractivity contribution in [1.29, 1.82) is 0 Å². The summed E-state index contributed by atoms with van der Waals surface area (Å²) in [6.45, 7) is 0. The minimum absolute atomic E-state index is 0. The van der Waals surface area contributed by atoms with E-state index in [1.807, 2.05) is 0 Å². The third-order valence-electron chi connectivity index (χ3n) is 0.